The first-order valence-corrected chi connectivity index (χ1v) is 15.8. The molecule has 1 aromatic carbocycles. The van der Waals surface area contributed by atoms with E-state index in [2.05, 4.69) is 4.90 Å². The minimum Gasteiger partial charge on any atom is -0.429 e. The number of piperidine rings is 2. The number of aryl methyl sites for hydroxylation is 1. The number of ether oxygens (including phenoxy) is 2. The molecule has 2 N–H and O–H groups in total. The summed E-state index contributed by atoms with van der Waals surface area (Å²) in [5.41, 5.74) is 0.864. The molecular weight excluding hydrogens is 565 g/mol. The van der Waals surface area contributed by atoms with Gasteiger partial charge in [-0.05, 0) is 81.4 Å². The van der Waals surface area contributed by atoms with Crippen LogP contribution in [0.15, 0.2) is 29.1 Å². The molecule has 3 aromatic rings. The maximum absolute atomic E-state index is 13.6. The number of pyridine rings is 2. The zero-order valence-corrected chi connectivity index (χ0v) is 25.2. The van der Waals surface area contributed by atoms with Crippen molar-refractivity contribution in [2.45, 2.75) is 83.3 Å². The van der Waals surface area contributed by atoms with E-state index >= 15 is 0 Å². The van der Waals surface area contributed by atoms with Crippen LogP contribution in [0.2, 0.25) is 0 Å². The first-order chi connectivity index (χ1) is 21.2. The largest absolute Gasteiger partial charge is 0.429 e. The highest BCUT2D eigenvalue weighted by Gasteiger charge is 2.48. The lowest BCUT2D eigenvalue weighted by molar-refractivity contribution is -0.199. The van der Waals surface area contributed by atoms with Gasteiger partial charge in [0, 0.05) is 35.6 Å². The molecule has 232 valence electrons. The summed E-state index contributed by atoms with van der Waals surface area (Å²) in [7, 11) is 0. The van der Waals surface area contributed by atoms with Crippen molar-refractivity contribution >= 4 is 23.0 Å². The number of cyclic esters (lactones) is 1. The number of likely N-dealkylation sites (tertiary alicyclic amines) is 2. The Kier molecular flexibility index (Phi) is 7.22. The molecule has 2 fully saturated rings. The summed E-state index contributed by atoms with van der Waals surface area (Å²) in [6, 6.07) is 7.50. The van der Waals surface area contributed by atoms with Crippen LogP contribution >= 0.6 is 0 Å². The van der Waals surface area contributed by atoms with Gasteiger partial charge in [0.15, 0.2) is 5.60 Å². The third-order valence-electron chi connectivity index (χ3n) is 10.0. The molecule has 0 saturated carbocycles. The number of nitrogens with zero attached hydrogens (tertiary/aromatic N) is 4. The predicted molar refractivity (Wildman–Crippen MR) is 161 cm³/mol. The van der Waals surface area contributed by atoms with E-state index in [-0.39, 0.29) is 30.2 Å². The highest BCUT2D eigenvalue weighted by molar-refractivity contribution is 5.90. The molecule has 11 nitrogen and oxygen atoms in total. The highest BCUT2D eigenvalue weighted by atomic mass is 16.6. The number of aliphatic hydroxyl groups excluding tert-OH is 1. The number of amides is 1. The second-order valence-corrected chi connectivity index (χ2v) is 12.4. The highest BCUT2D eigenvalue weighted by Crippen LogP contribution is 2.42. The lowest BCUT2D eigenvalue weighted by Gasteiger charge is -2.39. The monoisotopic (exact) mass is 603 g/mol. The number of carbonyl (C=O) groups is 2. The van der Waals surface area contributed by atoms with E-state index < -0.39 is 23.4 Å². The van der Waals surface area contributed by atoms with Crippen molar-refractivity contribution in [2.24, 2.45) is 0 Å². The molecule has 7 rings (SSSR count). The van der Waals surface area contributed by atoms with Gasteiger partial charge in [0.05, 0.1) is 29.0 Å². The van der Waals surface area contributed by atoms with Crippen LogP contribution in [-0.2, 0) is 28.1 Å². The van der Waals surface area contributed by atoms with Crippen LogP contribution in [-0.4, -0.2) is 73.8 Å². The molecular formula is C33H38N4O7. The molecule has 6 heterocycles. The number of hydrogen-bond acceptors (Lipinski definition) is 9. The standard InChI is InChI=1S/C33H38N4O7/c1-3-21-22-16-20(43-32(41)36-14-10-19(11-15-36)35-12-6-5-7-13-35)8-9-25(22)34-28-23(21)18-37-26(28)17-24-27(29(37)38)30(39)44-31(40)33(24,42)4-2/h8-9,16-17,19,30,39,42H,3-7,10-15,18H2,1-2H3/t30?,33-/m0/s1/i3+1. The zero-order valence-electron chi connectivity index (χ0n) is 25.2. The molecule has 44 heavy (non-hydrogen) atoms. The zero-order chi connectivity index (χ0) is 30.7. The molecule has 0 radical (unpaired) electrons. The minimum atomic E-state index is -2.04. The van der Waals surface area contributed by atoms with E-state index in [4.69, 9.17) is 14.5 Å². The molecule has 2 aromatic heterocycles. The number of hydrogen-bond donors (Lipinski definition) is 2. The average Bonchev–Trinajstić information content (AvgIpc) is 3.41. The van der Waals surface area contributed by atoms with Crippen molar-refractivity contribution in [3.05, 3.63) is 56.9 Å². The van der Waals surface area contributed by atoms with Crippen LogP contribution in [0.3, 0.4) is 0 Å². The number of aliphatic hydroxyl groups is 2. The molecule has 1 amide bonds. The third kappa shape index (κ3) is 4.52. The van der Waals surface area contributed by atoms with E-state index in [0.29, 0.717) is 48.2 Å². The lowest BCUT2D eigenvalue weighted by Crippen LogP contribution is -2.48. The summed E-state index contributed by atoms with van der Waals surface area (Å²) in [6.45, 7) is 7.51. The van der Waals surface area contributed by atoms with E-state index in [1.807, 2.05) is 19.1 Å². The molecule has 2 saturated heterocycles. The molecule has 0 bridgehead atoms. The fourth-order valence-corrected chi connectivity index (χ4v) is 7.52. The van der Waals surface area contributed by atoms with Crippen molar-refractivity contribution in [2.75, 3.05) is 26.2 Å². The summed E-state index contributed by atoms with van der Waals surface area (Å²) in [5.74, 6) is -0.552. The van der Waals surface area contributed by atoms with Crippen LogP contribution in [0.4, 0.5) is 4.79 Å². The van der Waals surface area contributed by atoms with Gasteiger partial charge in [-0.25, -0.2) is 14.6 Å². The average molecular weight is 604 g/mol. The summed E-state index contributed by atoms with van der Waals surface area (Å²) in [4.78, 5) is 48.6. The van der Waals surface area contributed by atoms with Gasteiger partial charge in [-0.1, -0.05) is 20.3 Å². The van der Waals surface area contributed by atoms with Gasteiger partial charge in [0.1, 0.15) is 5.75 Å². The van der Waals surface area contributed by atoms with Gasteiger partial charge in [-0.3, -0.25) is 4.79 Å². The summed E-state index contributed by atoms with van der Waals surface area (Å²) in [6.07, 6.45) is 4.24. The summed E-state index contributed by atoms with van der Waals surface area (Å²) in [5, 5.41) is 22.5. The van der Waals surface area contributed by atoms with Gasteiger partial charge in [-0.2, -0.15) is 0 Å². The van der Waals surface area contributed by atoms with Gasteiger partial charge >= 0.3 is 12.1 Å². The van der Waals surface area contributed by atoms with E-state index in [1.165, 1.54) is 23.8 Å². The molecule has 4 aliphatic rings. The minimum absolute atomic E-state index is 0.0232. The number of esters is 1. The van der Waals surface area contributed by atoms with Crippen molar-refractivity contribution in [1.82, 2.24) is 19.4 Å². The summed E-state index contributed by atoms with van der Waals surface area (Å²) < 4.78 is 12.3. The fraction of sp³-hybridized carbons (Fsp3) is 0.515. The molecule has 1 unspecified atom stereocenters. The van der Waals surface area contributed by atoms with Gasteiger partial charge in [-0.15, -0.1) is 0 Å². The van der Waals surface area contributed by atoms with E-state index in [1.54, 1.807) is 24.0 Å². The van der Waals surface area contributed by atoms with Gasteiger partial charge in [0.25, 0.3) is 5.56 Å². The second-order valence-electron chi connectivity index (χ2n) is 12.4. The Balaban J connectivity index is 1.18. The Hall–Kier alpha value is -3.80. The van der Waals surface area contributed by atoms with Crippen LogP contribution in [0.1, 0.15) is 80.9 Å². The Labute approximate surface area is 255 Å². The number of aromatic nitrogens is 2. The predicted octanol–water partition coefficient (Wildman–Crippen LogP) is 3.58. The molecule has 0 aliphatic carbocycles. The smallest absolute Gasteiger partial charge is 0.415 e. The van der Waals surface area contributed by atoms with E-state index in [0.717, 1.165) is 42.4 Å². The lowest BCUT2D eigenvalue weighted by atomic mass is 9.85. The Morgan fingerprint density at radius 1 is 1.09 bits per heavy atom. The fourth-order valence-electron chi connectivity index (χ4n) is 7.52. The van der Waals surface area contributed by atoms with Gasteiger partial charge in [0.2, 0.25) is 6.29 Å². The van der Waals surface area contributed by atoms with Crippen molar-refractivity contribution < 1.29 is 29.3 Å². The quantitative estimate of drug-likeness (QED) is 0.265. The van der Waals surface area contributed by atoms with Crippen LogP contribution in [0.25, 0.3) is 22.3 Å². The van der Waals surface area contributed by atoms with E-state index in [9.17, 15) is 24.6 Å². The number of benzene rings is 1. The Morgan fingerprint density at radius 3 is 2.55 bits per heavy atom. The maximum Gasteiger partial charge on any atom is 0.415 e. The first-order valence-electron chi connectivity index (χ1n) is 15.8. The molecule has 4 aliphatic heterocycles. The normalized spacial score (nSPS) is 23.7. The number of rotatable bonds is 4. The summed E-state index contributed by atoms with van der Waals surface area (Å²) >= 11 is 0. The van der Waals surface area contributed by atoms with Crippen molar-refractivity contribution in [3.8, 4) is 17.1 Å². The Morgan fingerprint density at radius 2 is 1.84 bits per heavy atom. The number of fused-ring (bicyclic) bond motifs is 5. The maximum atomic E-state index is 13.6. The van der Waals surface area contributed by atoms with Crippen LogP contribution < -0.4 is 10.3 Å². The molecule has 0 spiro atoms. The number of carbonyl (C=O) groups excluding carboxylic acids is 2. The Bertz CT molecular complexity index is 1720. The molecule has 11 heteroatoms. The topological polar surface area (TPSA) is 134 Å². The van der Waals surface area contributed by atoms with Crippen LogP contribution in [0, 0.1) is 0 Å². The second kappa shape index (κ2) is 11.0. The van der Waals surface area contributed by atoms with Gasteiger partial charge < -0.3 is 34.1 Å². The molecule has 2 atom stereocenters. The van der Waals surface area contributed by atoms with Crippen molar-refractivity contribution in [1.29, 1.82) is 0 Å². The van der Waals surface area contributed by atoms with Crippen molar-refractivity contribution in [3.63, 3.8) is 0 Å². The van der Waals surface area contributed by atoms with Crippen LogP contribution in [0.5, 0.6) is 5.75 Å². The third-order valence-corrected chi connectivity index (χ3v) is 10.0. The SMILES string of the molecule is CC[C@@]1(O)C(=O)OC(O)c2c1cc1n(c2=O)Cc2c-1nc1ccc(OC(=O)N3CCC(N4CCCCC4)CC3)cc1c2[13CH2]C. The first kappa shape index (κ1) is 28.9.